The number of carbonyl (C=O) groups is 1. The summed E-state index contributed by atoms with van der Waals surface area (Å²) in [7, 11) is 0. The molecule has 1 aromatic carbocycles. The lowest BCUT2D eigenvalue weighted by molar-refractivity contribution is 0.0549. The van der Waals surface area contributed by atoms with Crippen LogP contribution < -0.4 is 4.74 Å². The fraction of sp³-hybridized carbons (Fsp3) is 0.0800. The predicted octanol–water partition coefficient (Wildman–Crippen LogP) is 5.86. The van der Waals surface area contributed by atoms with Gasteiger partial charge in [-0.2, -0.15) is 5.26 Å². The van der Waals surface area contributed by atoms with Gasteiger partial charge in [0, 0.05) is 11.1 Å². The van der Waals surface area contributed by atoms with Gasteiger partial charge in [0.2, 0.25) is 5.88 Å². The third-order valence-electron chi connectivity index (χ3n) is 4.60. The first-order valence-electron chi connectivity index (χ1n) is 9.71. The van der Waals surface area contributed by atoms with E-state index >= 15 is 0 Å². The summed E-state index contributed by atoms with van der Waals surface area (Å²) in [4.78, 5) is 17.5. The Morgan fingerprint density at radius 2 is 2.09 bits per heavy atom. The maximum atomic E-state index is 11.9. The Labute approximate surface area is 189 Å². The molecular weight excluding hydrogens is 424 g/mol. The van der Waals surface area contributed by atoms with Crippen molar-refractivity contribution in [3.8, 4) is 33.6 Å². The zero-order chi connectivity index (χ0) is 22.3. The molecule has 0 saturated heterocycles. The number of esters is 1. The standard InChI is InChI=1S/C25H18N2O4S/c1-2-10-30-25(28)18-7-5-17(6-8-18)15-31-24-21(14-26)20(19-9-11-29-16-19)13-22(27-24)23-4-3-12-32-23/h2-9,11-13,16H,1,10,15H2. The van der Waals surface area contributed by atoms with Crippen LogP contribution in [-0.4, -0.2) is 17.6 Å². The SMILES string of the molecule is C=CCOC(=O)c1ccc(COc2nc(-c3cccs3)cc(-c3ccoc3)c2C#N)cc1. The van der Waals surface area contributed by atoms with Gasteiger partial charge >= 0.3 is 5.97 Å². The van der Waals surface area contributed by atoms with Gasteiger partial charge in [-0.05, 0) is 41.3 Å². The number of nitrogens with zero attached hydrogens (tertiary/aromatic N) is 2. The lowest BCUT2D eigenvalue weighted by atomic mass is 10.0. The van der Waals surface area contributed by atoms with Gasteiger partial charge in [0.1, 0.15) is 24.8 Å². The van der Waals surface area contributed by atoms with Crippen molar-refractivity contribution in [3.63, 3.8) is 0 Å². The minimum absolute atomic E-state index is 0.159. The number of hydrogen-bond donors (Lipinski definition) is 0. The van der Waals surface area contributed by atoms with Crippen LogP contribution >= 0.6 is 11.3 Å². The lowest BCUT2D eigenvalue weighted by Gasteiger charge is -2.12. The topological polar surface area (TPSA) is 85.3 Å². The average Bonchev–Trinajstić information content (AvgIpc) is 3.55. The number of thiophene rings is 1. The smallest absolute Gasteiger partial charge is 0.338 e. The summed E-state index contributed by atoms with van der Waals surface area (Å²) in [6.07, 6.45) is 4.66. The molecule has 0 atom stereocenters. The molecule has 0 bridgehead atoms. The highest BCUT2D eigenvalue weighted by molar-refractivity contribution is 7.13. The van der Waals surface area contributed by atoms with Crippen molar-refractivity contribution < 1.29 is 18.7 Å². The van der Waals surface area contributed by atoms with E-state index in [0.29, 0.717) is 22.4 Å². The molecule has 0 N–H and O–H groups in total. The molecule has 0 aliphatic carbocycles. The van der Waals surface area contributed by atoms with Gasteiger partial charge in [-0.3, -0.25) is 0 Å². The van der Waals surface area contributed by atoms with Crippen molar-refractivity contribution in [2.45, 2.75) is 6.61 Å². The molecule has 158 valence electrons. The normalized spacial score (nSPS) is 10.3. The molecule has 3 heterocycles. The zero-order valence-electron chi connectivity index (χ0n) is 17.0. The summed E-state index contributed by atoms with van der Waals surface area (Å²) in [6, 6.07) is 16.7. The van der Waals surface area contributed by atoms with Crippen molar-refractivity contribution in [1.82, 2.24) is 4.98 Å². The molecule has 32 heavy (non-hydrogen) atoms. The first-order chi connectivity index (χ1) is 15.7. The van der Waals surface area contributed by atoms with Crippen molar-refractivity contribution >= 4 is 17.3 Å². The van der Waals surface area contributed by atoms with Crippen LogP contribution in [0.3, 0.4) is 0 Å². The van der Waals surface area contributed by atoms with Gasteiger partial charge in [-0.1, -0.05) is 30.9 Å². The fourth-order valence-electron chi connectivity index (χ4n) is 3.04. The summed E-state index contributed by atoms with van der Waals surface area (Å²) in [5.41, 5.74) is 3.77. The van der Waals surface area contributed by atoms with Crippen molar-refractivity contribution in [3.05, 3.63) is 95.8 Å². The molecule has 3 aromatic heterocycles. The second kappa shape index (κ2) is 9.77. The average molecular weight is 442 g/mol. The minimum Gasteiger partial charge on any atom is -0.472 e. The van der Waals surface area contributed by atoms with Crippen LogP contribution in [-0.2, 0) is 11.3 Å². The molecule has 4 rings (SSSR count). The molecule has 0 radical (unpaired) electrons. The Morgan fingerprint density at radius 3 is 2.75 bits per heavy atom. The largest absolute Gasteiger partial charge is 0.472 e. The van der Waals surface area contributed by atoms with Crippen LogP contribution in [0.2, 0.25) is 0 Å². The van der Waals surface area contributed by atoms with Crippen LogP contribution in [0.4, 0.5) is 0 Å². The number of nitriles is 1. The molecular formula is C25H18N2O4S. The maximum absolute atomic E-state index is 11.9. The van der Waals surface area contributed by atoms with E-state index in [2.05, 4.69) is 17.6 Å². The fourth-order valence-corrected chi connectivity index (χ4v) is 3.72. The number of aromatic nitrogens is 1. The molecule has 0 amide bonds. The summed E-state index contributed by atoms with van der Waals surface area (Å²) in [6.45, 7) is 3.87. The molecule has 0 saturated carbocycles. The second-order valence-electron chi connectivity index (χ2n) is 6.71. The molecule has 0 fully saturated rings. The highest BCUT2D eigenvalue weighted by Crippen LogP contribution is 2.35. The Morgan fingerprint density at radius 1 is 1.25 bits per heavy atom. The maximum Gasteiger partial charge on any atom is 0.338 e. The summed E-state index contributed by atoms with van der Waals surface area (Å²) in [5, 5.41) is 11.8. The number of carbonyl (C=O) groups excluding carboxylic acids is 1. The molecule has 6 nitrogen and oxygen atoms in total. The molecule has 7 heteroatoms. The highest BCUT2D eigenvalue weighted by Gasteiger charge is 2.18. The number of pyridine rings is 1. The van der Waals surface area contributed by atoms with E-state index in [-0.39, 0.29) is 19.1 Å². The highest BCUT2D eigenvalue weighted by atomic mass is 32.1. The van der Waals surface area contributed by atoms with E-state index in [0.717, 1.165) is 16.0 Å². The Hall–Kier alpha value is -4.15. The van der Waals surface area contributed by atoms with Crippen LogP contribution in [0.15, 0.2) is 83.5 Å². The van der Waals surface area contributed by atoms with Gasteiger partial charge in [-0.25, -0.2) is 9.78 Å². The summed E-state index contributed by atoms with van der Waals surface area (Å²) >= 11 is 1.55. The van der Waals surface area contributed by atoms with Crippen LogP contribution in [0.5, 0.6) is 5.88 Å². The van der Waals surface area contributed by atoms with Gasteiger partial charge < -0.3 is 13.9 Å². The molecule has 0 aliphatic heterocycles. The van der Waals surface area contributed by atoms with E-state index in [1.807, 2.05) is 23.6 Å². The molecule has 4 aromatic rings. The quantitative estimate of drug-likeness (QED) is 0.251. The lowest BCUT2D eigenvalue weighted by Crippen LogP contribution is -2.06. The van der Waals surface area contributed by atoms with Gasteiger partial charge in [0.15, 0.2) is 0 Å². The minimum atomic E-state index is -0.417. The number of hydrogen-bond acceptors (Lipinski definition) is 7. The summed E-state index contributed by atoms with van der Waals surface area (Å²) in [5.74, 6) is -0.178. The van der Waals surface area contributed by atoms with E-state index in [1.54, 1.807) is 54.2 Å². The molecule has 0 aliphatic rings. The first-order valence-corrected chi connectivity index (χ1v) is 10.6. The van der Waals surface area contributed by atoms with Gasteiger partial charge in [0.05, 0.1) is 28.7 Å². The van der Waals surface area contributed by atoms with Gasteiger partial charge in [0.25, 0.3) is 0 Å². The van der Waals surface area contributed by atoms with E-state index in [1.165, 1.54) is 6.08 Å². The van der Waals surface area contributed by atoms with Gasteiger partial charge in [-0.15, -0.1) is 11.3 Å². The molecule has 0 unspecified atom stereocenters. The summed E-state index contributed by atoms with van der Waals surface area (Å²) < 4.78 is 16.2. The molecule has 0 spiro atoms. The number of rotatable bonds is 8. The number of furan rings is 1. The van der Waals surface area contributed by atoms with E-state index in [9.17, 15) is 10.1 Å². The predicted molar refractivity (Wildman–Crippen MR) is 121 cm³/mol. The second-order valence-corrected chi connectivity index (χ2v) is 7.66. The third kappa shape index (κ3) is 4.61. The van der Waals surface area contributed by atoms with Crippen LogP contribution in [0.25, 0.3) is 21.7 Å². The Kier molecular flexibility index (Phi) is 6.44. The van der Waals surface area contributed by atoms with Crippen LogP contribution in [0, 0.1) is 11.3 Å². The Bertz CT molecular complexity index is 1250. The number of ether oxygens (including phenoxy) is 2. The monoisotopic (exact) mass is 442 g/mol. The van der Waals surface area contributed by atoms with E-state index in [4.69, 9.17) is 13.9 Å². The first kappa shape index (κ1) is 21.1. The number of benzene rings is 1. The van der Waals surface area contributed by atoms with E-state index < -0.39 is 5.97 Å². The van der Waals surface area contributed by atoms with Crippen LogP contribution in [0.1, 0.15) is 21.5 Å². The van der Waals surface area contributed by atoms with Crippen molar-refractivity contribution in [2.24, 2.45) is 0 Å². The van der Waals surface area contributed by atoms with Crippen molar-refractivity contribution in [1.29, 1.82) is 5.26 Å². The zero-order valence-corrected chi connectivity index (χ0v) is 17.8. The van der Waals surface area contributed by atoms with Crippen molar-refractivity contribution in [2.75, 3.05) is 6.61 Å². The third-order valence-corrected chi connectivity index (χ3v) is 5.49. The Balaban J connectivity index is 1.61.